The molecular formula is C12H14N2O2S. The zero-order chi connectivity index (χ0) is 12.3. The van der Waals surface area contributed by atoms with Gasteiger partial charge in [-0.1, -0.05) is 18.2 Å². The minimum absolute atomic E-state index is 0.224. The van der Waals surface area contributed by atoms with E-state index in [1.807, 2.05) is 18.2 Å². The Morgan fingerprint density at radius 2 is 1.88 bits per heavy atom. The second-order valence-electron chi connectivity index (χ2n) is 4.20. The van der Waals surface area contributed by atoms with Crippen LogP contribution in [0.3, 0.4) is 0 Å². The summed E-state index contributed by atoms with van der Waals surface area (Å²) in [7, 11) is -2.83. The van der Waals surface area contributed by atoms with Crippen molar-refractivity contribution in [3.8, 4) is 6.07 Å². The zero-order valence-electron chi connectivity index (χ0n) is 9.46. The summed E-state index contributed by atoms with van der Waals surface area (Å²) in [5.41, 5.74) is 1.63. The molecule has 0 N–H and O–H groups in total. The molecule has 0 bridgehead atoms. The summed E-state index contributed by atoms with van der Waals surface area (Å²) in [4.78, 5) is 2.08. The van der Waals surface area contributed by atoms with Gasteiger partial charge in [-0.3, -0.25) is 4.90 Å². The molecule has 90 valence electrons. The minimum atomic E-state index is -2.83. The van der Waals surface area contributed by atoms with Crippen molar-refractivity contribution in [2.45, 2.75) is 6.54 Å². The van der Waals surface area contributed by atoms with E-state index in [0.29, 0.717) is 25.2 Å². The highest BCUT2D eigenvalue weighted by Gasteiger charge is 2.21. The van der Waals surface area contributed by atoms with Crippen molar-refractivity contribution >= 4 is 9.84 Å². The Balaban J connectivity index is 2.05. The number of sulfone groups is 1. The Kier molecular flexibility index (Phi) is 3.46. The second kappa shape index (κ2) is 4.86. The minimum Gasteiger partial charge on any atom is -0.297 e. The van der Waals surface area contributed by atoms with E-state index in [9.17, 15) is 8.42 Å². The predicted molar refractivity (Wildman–Crippen MR) is 65.1 cm³/mol. The van der Waals surface area contributed by atoms with Crippen LogP contribution in [0.5, 0.6) is 0 Å². The van der Waals surface area contributed by atoms with Crippen LogP contribution < -0.4 is 0 Å². The van der Waals surface area contributed by atoms with E-state index in [4.69, 9.17) is 5.26 Å². The van der Waals surface area contributed by atoms with Gasteiger partial charge in [0.1, 0.15) is 0 Å². The number of hydrogen-bond donors (Lipinski definition) is 0. The van der Waals surface area contributed by atoms with E-state index in [1.54, 1.807) is 6.07 Å². The monoisotopic (exact) mass is 250 g/mol. The summed E-state index contributed by atoms with van der Waals surface area (Å²) in [5, 5.41) is 8.97. The average molecular weight is 250 g/mol. The summed E-state index contributed by atoms with van der Waals surface area (Å²) >= 11 is 0. The van der Waals surface area contributed by atoms with E-state index in [0.717, 1.165) is 5.56 Å². The molecule has 0 aromatic heterocycles. The van der Waals surface area contributed by atoms with Gasteiger partial charge in [-0.25, -0.2) is 8.42 Å². The molecule has 0 amide bonds. The molecule has 1 aromatic carbocycles. The van der Waals surface area contributed by atoms with Crippen LogP contribution >= 0.6 is 0 Å². The van der Waals surface area contributed by atoms with Crippen LogP contribution in [0.15, 0.2) is 24.3 Å². The van der Waals surface area contributed by atoms with Gasteiger partial charge in [0.25, 0.3) is 0 Å². The van der Waals surface area contributed by atoms with Crippen LogP contribution in [0, 0.1) is 11.3 Å². The fraction of sp³-hybridized carbons (Fsp3) is 0.417. The van der Waals surface area contributed by atoms with E-state index in [1.165, 1.54) is 0 Å². The molecule has 0 aliphatic carbocycles. The standard InChI is InChI=1S/C12H14N2O2S/c13-9-11-3-1-2-4-12(11)10-14-5-7-17(15,16)8-6-14/h1-4H,5-8,10H2. The van der Waals surface area contributed by atoms with Gasteiger partial charge in [-0.2, -0.15) is 5.26 Å². The number of hydrogen-bond acceptors (Lipinski definition) is 4. The molecule has 17 heavy (non-hydrogen) atoms. The Hall–Kier alpha value is -1.38. The van der Waals surface area contributed by atoms with Gasteiger partial charge in [0, 0.05) is 19.6 Å². The Morgan fingerprint density at radius 1 is 1.24 bits per heavy atom. The Bertz CT molecular complexity index is 532. The molecule has 1 fully saturated rings. The summed E-state index contributed by atoms with van der Waals surface area (Å²) in [6, 6.07) is 9.60. The first-order chi connectivity index (χ1) is 8.11. The van der Waals surface area contributed by atoms with Gasteiger partial charge in [-0.15, -0.1) is 0 Å². The lowest BCUT2D eigenvalue weighted by Crippen LogP contribution is -2.39. The second-order valence-corrected chi connectivity index (χ2v) is 6.50. The first kappa shape index (κ1) is 12.1. The van der Waals surface area contributed by atoms with Gasteiger partial charge in [-0.05, 0) is 11.6 Å². The number of nitrogens with zero attached hydrogens (tertiary/aromatic N) is 2. The molecule has 0 atom stereocenters. The zero-order valence-corrected chi connectivity index (χ0v) is 10.3. The number of rotatable bonds is 2. The fourth-order valence-electron chi connectivity index (χ4n) is 1.92. The lowest BCUT2D eigenvalue weighted by Gasteiger charge is -2.26. The third kappa shape index (κ3) is 3.05. The van der Waals surface area contributed by atoms with Gasteiger partial charge >= 0.3 is 0 Å². The maximum absolute atomic E-state index is 11.3. The molecule has 0 saturated carbocycles. The molecule has 1 aromatic rings. The maximum Gasteiger partial charge on any atom is 0.152 e. The van der Waals surface area contributed by atoms with E-state index < -0.39 is 9.84 Å². The highest BCUT2D eigenvalue weighted by Crippen LogP contribution is 2.13. The van der Waals surface area contributed by atoms with Crippen LogP contribution in [-0.4, -0.2) is 37.9 Å². The first-order valence-electron chi connectivity index (χ1n) is 5.51. The average Bonchev–Trinajstić information content (AvgIpc) is 2.32. The normalized spacial score (nSPS) is 19.7. The fourth-order valence-corrected chi connectivity index (χ4v) is 3.19. The SMILES string of the molecule is N#Cc1ccccc1CN1CCS(=O)(=O)CC1. The first-order valence-corrected chi connectivity index (χ1v) is 7.34. The van der Waals surface area contributed by atoms with Gasteiger partial charge in [0.05, 0.1) is 23.1 Å². The van der Waals surface area contributed by atoms with Gasteiger partial charge in [0.15, 0.2) is 9.84 Å². The lowest BCUT2D eigenvalue weighted by molar-refractivity contribution is 0.287. The molecule has 0 spiro atoms. The van der Waals surface area contributed by atoms with Crippen molar-refractivity contribution in [2.24, 2.45) is 0 Å². The van der Waals surface area contributed by atoms with E-state index in [-0.39, 0.29) is 11.5 Å². The van der Waals surface area contributed by atoms with Crippen molar-refractivity contribution in [2.75, 3.05) is 24.6 Å². The largest absolute Gasteiger partial charge is 0.297 e. The van der Waals surface area contributed by atoms with Crippen molar-refractivity contribution in [3.63, 3.8) is 0 Å². The summed E-state index contributed by atoms with van der Waals surface area (Å²) in [5.74, 6) is 0.448. The Labute approximate surface area is 101 Å². The van der Waals surface area contributed by atoms with Crippen LogP contribution in [0.1, 0.15) is 11.1 Å². The molecule has 0 radical (unpaired) electrons. The molecule has 1 aliphatic rings. The maximum atomic E-state index is 11.3. The van der Waals surface area contributed by atoms with Crippen molar-refractivity contribution in [1.29, 1.82) is 5.26 Å². The summed E-state index contributed by atoms with van der Waals surface area (Å²) < 4.78 is 22.6. The predicted octanol–water partition coefficient (Wildman–Crippen LogP) is 0.789. The molecule has 1 saturated heterocycles. The highest BCUT2D eigenvalue weighted by atomic mass is 32.2. The number of nitriles is 1. The van der Waals surface area contributed by atoms with Crippen LogP contribution in [0.4, 0.5) is 0 Å². The third-order valence-electron chi connectivity index (χ3n) is 2.97. The molecular weight excluding hydrogens is 236 g/mol. The highest BCUT2D eigenvalue weighted by molar-refractivity contribution is 7.91. The van der Waals surface area contributed by atoms with Crippen LogP contribution in [0.2, 0.25) is 0 Å². The topological polar surface area (TPSA) is 61.2 Å². The van der Waals surface area contributed by atoms with Gasteiger partial charge < -0.3 is 0 Å². The van der Waals surface area contributed by atoms with Crippen LogP contribution in [-0.2, 0) is 16.4 Å². The quantitative estimate of drug-likeness (QED) is 0.778. The summed E-state index contributed by atoms with van der Waals surface area (Å²) in [6.45, 7) is 1.77. The smallest absolute Gasteiger partial charge is 0.152 e. The van der Waals surface area contributed by atoms with Crippen molar-refractivity contribution < 1.29 is 8.42 Å². The lowest BCUT2D eigenvalue weighted by atomic mass is 10.1. The molecule has 4 nitrogen and oxygen atoms in total. The summed E-state index contributed by atoms with van der Waals surface area (Å²) in [6.07, 6.45) is 0. The van der Waals surface area contributed by atoms with E-state index >= 15 is 0 Å². The molecule has 2 rings (SSSR count). The molecule has 5 heteroatoms. The Morgan fingerprint density at radius 3 is 2.53 bits per heavy atom. The molecule has 1 aliphatic heterocycles. The van der Waals surface area contributed by atoms with Crippen molar-refractivity contribution in [3.05, 3.63) is 35.4 Å². The number of benzene rings is 1. The van der Waals surface area contributed by atoms with Gasteiger partial charge in [0.2, 0.25) is 0 Å². The molecule has 0 unspecified atom stereocenters. The third-order valence-corrected chi connectivity index (χ3v) is 4.58. The molecule has 1 heterocycles. The van der Waals surface area contributed by atoms with Crippen molar-refractivity contribution in [1.82, 2.24) is 4.90 Å². The van der Waals surface area contributed by atoms with Crippen LogP contribution in [0.25, 0.3) is 0 Å². The van der Waals surface area contributed by atoms with E-state index in [2.05, 4.69) is 11.0 Å².